The maximum atomic E-state index is 6.27. The summed E-state index contributed by atoms with van der Waals surface area (Å²) in [4.78, 5) is 4.64. The second-order valence-corrected chi connectivity index (χ2v) is 5.72. The highest BCUT2D eigenvalue weighted by Crippen LogP contribution is 2.27. The van der Waals surface area contributed by atoms with Gasteiger partial charge in [-0.1, -0.05) is 0 Å². The van der Waals surface area contributed by atoms with Gasteiger partial charge in [0.1, 0.15) is 22.9 Å². The van der Waals surface area contributed by atoms with Crippen molar-refractivity contribution in [2.24, 2.45) is 7.05 Å². The molecule has 0 saturated heterocycles. The Bertz CT molecular complexity index is 766. The van der Waals surface area contributed by atoms with Gasteiger partial charge in [-0.2, -0.15) is 5.10 Å². The van der Waals surface area contributed by atoms with Gasteiger partial charge in [0, 0.05) is 7.05 Å². The molecule has 0 fully saturated rings. The Balaban J connectivity index is 2.18. The van der Waals surface area contributed by atoms with Crippen molar-refractivity contribution in [3.8, 4) is 0 Å². The predicted octanol–water partition coefficient (Wildman–Crippen LogP) is 3.33. The minimum atomic E-state index is -0.169. The Morgan fingerprint density at radius 2 is 2.10 bits per heavy atom. The van der Waals surface area contributed by atoms with Gasteiger partial charge in [0.25, 0.3) is 0 Å². The first-order valence-corrected chi connectivity index (χ1v) is 7.00. The van der Waals surface area contributed by atoms with Crippen molar-refractivity contribution in [3.05, 3.63) is 35.2 Å². The summed E-state index contributed by atoms with van der Waals surface area (Å²) in [5.41, 5.74) is 2.78. The van der Waals surface area contributed by atoms with Crippen molar-refractivity contribution in [2.75, 3.05) is 0 Å². The van der Waals surface area contributed by atoms with E-state index in [9.17, 15) is 0 Å². The third-order valence-corrected chi connectivity index (χ3v) is 3.58. The van der Waals surface area contributed by atoms with E-state index >= 15 is 0 Å². The maximum Gasteiger partial charge on any atom is 0.159 e. The topological polar surface area (TPSA) is 48.8 Å². The van der Waals surface area contributed by atoms with Crippen molar-refractivity contribution in [1.82, 2.24) is 19.3 Å². The standard InChI is InChI=1S/C14H17ClN4O/c1-8-5-6-11(20-8)7-19-13(9(2)15)16-12-10(3)17-18(4)14(12)19/h5-6,9H,7H2,1-4H3. The zero-order valence-corrected chi connectivity index (χ0v) is 12.8. The van der Waals surface area contributed by atoms with Crippen LogP contribution in [0.25, 0.3) is 11.2 Å². The van der Waals surface area contributed by atoms with Crippen molar-refractivity contribution in [3.63, 3.8) is 0 Å². The molecule has 1 unspecified atom stereocenters. The monoisotopic (exact) mass is 292 g/mol. The lowest BCUT2D eigenvalue weighted by atomic mass is 10.4. The van der Waals surface area contributed by atoms with Gasteiger partial charge >= 0.3 is 0 Å². The van der Waals surface area contributed by atoms with Crippen LogP contribution in [-0.2, 0) is 13.6 Å². The summed E-state index contributed by atoms with van der Waals surface area (Å²) in [5.74, 6) is 2.63. The van der Waals surface area contributed by atoms with Gasteiger partial charge in [0.2, 0.25) is 0 Å². The van der Waals surface area contributed by atoms with E-state index in [2.05, 4.69) is 14.6 Å². The largest absolute Gasteiger partial charge is 0.464 e. The highest BCUT2D eigenvalue weighted by Gasteiger charge is 2.20. The normalized spacial score (nSPS) is 13.2. The molecule has 0 bridgehead atoms. The Kier molecular flexibility index (Phi) is 3.09. The smallest absolute Gasteiger partial charge is 0.159 e. The Morgan fingerprint density at radius 3 is 2.70 bits per heavy atom. The molecule has 0 saturated carbocycles. The van der Waals surface area contributed by atoms with Crippen LogP contribution in [0.2, 0.25) is 0 Å². The SMILES string of the molecule is Cc1ccc(Cn2c(C(C)Cl)nc3c(C)nn(C)c32)o1. The average Bonchev–Trinajstić information content (AvgIpc) is 3.00. The molecule has 0 aliphatic carbocycles. The van der Waals surface area contributed by atoms with Crippen LogP contribution in [0.3, 0.4) is 0 Å². The van der Waals surface area contributed by atoms with Crippen molar-refractivity contribution < 1.29 is 4.42 Å². The number of rotatable bonds is 3. The number of furan rings is 1. The minimum absolute atomic E-state index is 0.169. The molecular formula is C14H17ClN4O. The summed E-state index contributed by atoms with van der Waals surface area (Å²) < 4.78 is 9.58. The van der Waals surface area contributed by atoms with E-state index in [-0.39, 0.29) is 5.38 Å². The van der Waals surface area contributed by atoms with Crippen molar-refractivity contribution in [1.29, 1.82) is 0 Å². The molecule has 3 aromatic rings. The van der Waals surface area contributed by atoms with Crippen LogP contribution in [-0.4, -0.2) is 19.3 Å². The van der Waals surface area contributed by atoms with Crippen LogP contribution in [0.4, 0.5) is 0 Å². The fourth-order valence-electron chi connectivity index (χ4n) is 2.54. The molecule has 0 radical (unpaired) electrons. The van der Waals surface area contributed by atoms with E-state index < -0.39 is 0 Å². The molecule has 3 rings (SSSR count). The number of fused-ring (bicyclic) bond motifs is 1. The quantitative estimate of drug-likeness (QED) is 0.696. The van der Waals surface area contributed by atoms with E-state index in [1.165, 1.54) is 0 Å². The molecule has 0 aliphatic rings. The highest BCUT2D eigenvalue weighted by molar-refractivity contribution is 6.20. The molecule has 0 aromatic carbocycles. The molecule has 6 heteroatoms. The number of hydrogen-bond acceptors (Lipinski definition) is 3. The second kappa shape index (κ2) is 4.66. The van der Waals surface area contributed by atoms with Gasteiger partial charge in [-0.15, -0.1) is 11.6 Å². The molecule has 20 heavy (non-hydrogen) atoms. The summed E-state index contributed by atoms with van der Waals surface area (Å²) >= 11 is 6.27. The van der Waals surface area contributed by atoms with E-state index in [4.69, 9.17) is 16.0 Å². The van der Waals surface area contributed by atoms with Crippen LogP contribution in [0.15, 0.2) is 16.5 Å². The lowest BCUT2D eigenvalue weighted by Gasteiger charge is -2.09. The number of hydrogen-bond donors (Lipinski definition) is 0. The molecular weight excluding hydrogens is 276 g/mol. The first-order valence-electron chi connectivity index (χ1n) is 6.56. The van der Waals surface area contributed by atoms with Crippen LogP contribution < -0.4 is 0 Å². The summed E-state index contributed by atoms with van der Waals surface area (Å²) in [6, 6.07) is 3.94. The van der Waals surface area contributed by atoms with Crippen LogP contribution in [0.1, 0.15) is 35.3 Å². The van der Waals surface area contributed by atoms with Gasteiger partial charge in [0.15, 0.2) is 5.65 Å². The van der Waals surface area contributed by atoms with Crippen molar-refractivity contribution in [2.45, 2.75) is 32.7 Å². The van der Waals surface area contributed by atoms with Crippen LogP contribution in [0.5, 0.6) is 0 Å². The first kappa shape index (κ1) is 13.2. The Hall–Kier alpha value is -1.75. The maximum absolute atomic E-state index is 6.27. The molecule has 0 N–H and O–H groups in total. The fourth-order valence-corrected chi connectivity index (χ4v) is 2.70. The fraction of sp³-hybridized carbons (Fsp3) is 0.429. The summed E-state index contributed by atoms with van der Waals surface area (Å²) in [6.45, 7) is 6.43. The number of nitrogens with zero attached hydrogens (tertiary/aromatic N) is 4. The molecule has 106 valence electrons. The van der Waals surface area contributed by atoms with Crippen LogP contribution >= 0.6 is 11.6 Å². The molecule has 3 aromatic heterocycles. The third kappa shape index (κ3) is 2.02. The van der Waals surface area contributed by atoms with E-state index in [1.807, 2.05) is 44.6 Å². The van der Waals surface area contributed by atoms with E-state index in [1.54, 1.807) is 0 Å². The Labute approximate surface area is 122 Å². The molecule has 0 spiro atoms. The zero-order chi connectivity index (χ0) is 14.4. The lowest BCUT2D eigenvalue weighted by Crippen LogP contribution is -2.08. The van der Waals surface area contributed by atoms with E-state index in [0.717, 1.165) is 34.2 Å². The van der Waals surface area contributed by atoms with Gasteiger partial charge in [-0.3, -0.25) is 4.68 Å². The predicted molar refractivity (Wildman–Crippen MR) is 78.1 cm³/mol. The van der Waals surface area contributed by atoms with Crippen molar-refractivity contribution >= 4 is 22.8 Å². The number of alkyl halides is 1. The number of imidazole rings is 1. The van der Waals surface area contributed by atoms with Gasteiger partial charge in [-0.05, 0) is 32.9 Å². The summed E-state index contributed by atoms with van der Waals surface area (Å²) in [7, 11) is 1.92. The van der Waals surface area contributed by atoms with E-state index in [0.29, 0.717) is 6.54 Å². The lowest BCUT2D eigenvalue weighted by molar-refractivity contribution is 0.467. The summed E-state index contributed by atoms with van der Waals surface area (Å²) in [6.07, 6.45) is 0. The minimum Gasteiger partial charge on any atom is -0.464 e. The number of aryl methyl sites for hydroxylation is 3. The zero-order valence-electron chi connectivity index (χ0n) is 12.0. The molecule has 0 aliphatic heterocycles. The number of halogens is 1. The van der Waals surface area contributed by atoms with Gasteiger partial charge in [0.05, 0.1) is 17.6 Å². The molecule has 5 nitrogen and oxygen atoms in total. The van der Waals surface area contributed by atoms with Gasteiger partial charge < -0.3 is 8.98 Å². The third-order valence-electron chi connectivity index (χ3n) is 3.39. The number of aromatic nitrogens is 4. The molecule has 3 heterocycles. The Morgan fingerprint density at radius 1 is 1.35 bits per heavy atom. The molecule has 1 atom stereocenters. The average molecular weight is 293 g/mol. The highest BCUT2D eigenvalue weighted by atomic mass is 35.5. The van der Waals surface area contributed by atoms with Gasteiger partial charge in [-0.25, -0.2) is 4.98 Å². The second-order valence-electron chi connectivity index (χ2n) is 5.07. The molecule has 0 amide bonds. The summed E-state index contributed by atoms with van der Waals surface area (Å²) in [5, 5.41) is 4.25. The van der Waals surface area contributed by atoms with Crippen LogP contribution in [0, 0.1) is 13.8 Å². The first-order chi connectivity index (χ1) is 9.47.